The van der Waals surface area contributed by atoms with E-state index in [0.717, 1.165) is 0 Å². The molecule has 1 amide bonds. The number of hydrogen-bond donors (Lipinski definition) is 2. The number of phenols is 1. The molecular weight excluding hydrogens is 456 g/mol. The molecule has 0 spiro atoms. The highest BCUT2D eigenvalue weighted by atomic mass is 79.9. The lowest BCUT2D eigenvalue weighted by Gasteiger charge is -2.04. The Morgan fingerprint density at radius 2 is 1.88 bits per heavy atom. The summed E-state index contributed by atoms with van der Waals surface area (Å²) in [7, 11) is 0. The van der Waals surface area contributed by atoms with Crippen molar-refractivity contribution in [3.63, 3.8) is 0 Å². The first-order valence-electron chi connectivity index (χ1n) is 6.99. The Balaban J connectivity index is 1.81. The molecule has 8 heteroatoms. The molecule has 0 aliphatic carbocycles. The third kappa shape index (κ3) is 3.64. The van der Waals surface area contributed by atoms with E-state index in [2.05, 4.69) is 42.4 Å². The van der Waals surface area contributed by atoms with Gasteiger partial charge in [0.05, 0.1) is 26.1 Å². The molecule has 0 radical (unpaired) electrons. The zero-order valence-corrected chi connectivity index (χ0v) is 15.7. The molecule has 126 valence electrons. The summed E-state index contributed by atoms with van der Waals surface area (Å²) in [6.07, 6.45) is 2.51. The van der Waals surface area contributed by atoms with Crippen LogP contribution in [0.25, 0.3) is 11.0 Å². The number of nitrogens with one attached hydrogen (secondary N) is 1. The summed E-state index contributed by atoms with van der Waals surface area (Å²) in [5.41, 5.74) is 3.05. The Bertz CT molecular complexity index is 1040. The molecule has 25 heavy (non-hydrogen) atoms. The Morgan fingerprint density at radius 3 is 2.60 bits per heavy atom. The summed E-state index contributed by atoms with van der Waals surface area (Å²) in [5.74, 6) is -0.503. The Hall–Kier alpha value is -2.45. The van der Waals surface area contributed by atoms with Gasteiger partial charge in [-0.15, -0.1) is 0 Å². The minimum atomic E-state index is -0.497. The molecule has 3 aromatic rings. The number of carbonyl (C=O) groups is 1. The molecule has 0 aliphatic heterocycles. The SMILES string of the molecule is O=C(N/N=C\c1coc2ccccc2c1=O)c1cc(Br)c(O)c(Br)c1. The number of hydrazone groups is 1. The number of nitrogens with zero attached hydrogens (tertiary/aromatic N) is 1. The average molecular weight is 466 g/mol. The number of rotatable bonds is 3. The van der Waals surface area contributed by atoms with Gasteiger partial charge >= 0.3 is 0 Å². The van der Waals surface area contributed by atoms with Gasteiger partial charge in [-0.2, -0.15) is 5.10 Å². The van der Waals surface area contributed by atoms with E-state index in [1.165, 1.54) is 24.6 Å². The lowest BCUT2D eigenvalue weighted by Crippen LogP contribution is -2.18. The van der Waals surface area contributed by atoms with Crippen LogP contribution in [0.15, 0.2) is 65.9 Å². The number of amides is 1. The van der Waals surface area contributed by atoms with Gasteiger partial charge in [-0.25, -0.2) is 5.43 Å². The van der Waals surface area contributed by atoms with E-state index in [1.54, 1.807) is 24.3 Å². The topological polar surface area (TPSA) is 91.9 Å². The molecule has 1 heterocycles. The fourth-order valence-electron chi connectivity index (χ4n) is 2.10. The van der Waals surface area contributed by atoms with E-state index in [9.17, 15) is 14.7 Å². The molecule has 1 aromatic heterocycles. The van der Waals surface area contributed by atoms with Gasteiger partial charge in [0.15, 0.2) is 0 Å². The van der Waals surface area contributed by atoms with E-state index in [1.807, 2.05) is 0 Å². The van der Waals surface area contributed by atoms with E-state index >= 15 is 0 Å². The zero-order valence-electron chi connectivity index (χ0n) is 12.5. The minimum Gasteiger partial charge on any atom is -0.506 e. The smallest absolute Gasteiger partial charge is 0.271 e. The number of aromatic hydroxyl groups is 1. The summed E-state index contributed by atoms with van der Waals surface area (Å²) in [6.45, 7) is 0. The summed E-state index contributed by atoms with van der Waals surface area (Å²) in [4.78, 5) is 24.4. The van der Waals surface area contributed by atoms with Crippen molar-refractivity contribution in [2.24, 2.45) is 5.10 Å². The maximum absolute atomic E-state index is 12.3. The van der Waals surface area contributed by atoms with Gasteiger partial charge in [0.1, 0.15) is 17.6 Å². The number of hydrogen-bond acceptors (Lipinski definition) is 5. The number of fused-ring (bicyclic) bond motifs is 1. The molecular formula is C17H10Br2N2O4. The van der Waals surface area contributed by atoms with Gasteiger partial charge in [0.25, 0.3) is 5.91 Å². The Labute approximate surface area is 158 Å². The predicted molar refractivity (Wildman–Crippen MR) is 101 cm³/mol. The normalized spacial score (nSPS) is 11.1. The van der Waals surface area contributed by atoms with Crippen LogP contribution in [-0.2, 0) is 0 Å². The molecule has 0 aliphatic rings. The number of halogens is 2. The molecule has 2 aromatic carbocycles. The lowest BCUT2D eigenvalue weighted by molar-refractivity contribution is 0.0955. The quantitative estimate of drug-likeness (QED) is 0.454. The van der Waals surface area contributed by atoms with Gasteiger partial charge in [-0.05, 0) is 56.1 Å². The van der Waals surface area contributed by atoms with Gasteiger partial charge in [-0.3, -0.25) is 9.59 Å². The summed E-state index contributed by atoms with van der Waals surface area (Å²) in [6, 6.07) is 9.77. The van der Waals surface area contributed by atoms with E-state index in [0.29, 0.717) is 19.9 Å². The summed E-state index contributed by atoms with van der Waals surface area (Å²) in [5, 5.41) is 13.9. The number of para-hydroxylation sites is 1. The maximum Gasteiger partial charge on any atom is 0.271 e. The molecule has 6 nitrogen and oxygen atoms in total. The van der Waals surface area contributed by atoms with Crippen LogP contribution in [0.5, 0.6) is 5.75 Å². The second-order valence-corrected chi connectivity index (χ2v) is 6.71. The van der Waals surface area contributed by atoms with Crippen molar-refractivity contribution in [3.8, 4) is 5.75 Å². The van der Waals surface area contributed by atoms with Crippen molar-refractivity contribution in [1.82, 2.24) is 5.43 Å². The van der Waals surface area contributed by atoms with Crippen molar-refractivity contribution < 1.29 is 14.3 Å². The molecule has 0 atom stereocenters. The highest BCUT2D eigenvalue weighted by molar-refractivity contribution is 9.11. The first-order chi connectivity index (χ1) is 12.0. The summed E-state index contributed by atoms with van der Waals surface area (Å²) >= 11 is 6.30. The van der Waals surface area contributed by atoms with Crippen LogP contribution in [0.3, 0.4) is 0 Å². The largest absolute Gasteiger partial charge is 0.506 e. The van der Waals surface area contributed by atoms with Crippen LogP contribution in [-0.4, -0.2) is 17.2 Å². The van der Waals surface area contributed by atoms with Crippen LogP contribution in [0.2, 0.25) is 0 Å². The van der Waals surface area contributed by atoms with Gasteiger partial charge in [0.2, 0.25) is 5.43 Å². The minimum absolute atomic E-state index is 0.00572. The third-order valence-electron chi connectivity index (χ3n) is 3.36. The molecule has 3 rings (SSSR count). The highest BCUT2D eigenvalue weighted by Crippen LogP contribution is 2.33. The van der Waals surface area contributed by atoms with Crippen LogP contribution in [0.4, 0.5) is 0 Å². The van der Waals surface area contributed by atoms with E-state index in [-0.39, 0.29) is 22.3 Å². The monoisotopic (exact) mass is 464 g/mol. The van der Waals surface area contributed by atoms with Gasteiger partial charge in [-0.1, -0.05) is 12.1 Å². The van der Waals surface area contributed by atoms with Crippen molar-refractivity contribution >= 4 is 55.0 Å². The van der Waals surface area contributed by atoms with Crippen LogP contribution >= 0.6 is 31.9 Å². The first kappa shape index (κ1) is 17.4. The standard InChI is InChI=1S/C17H10Br2N2O4/c18-12-5-9(6-13(19)16(12)23)17(24)21-20-7-10-8-25-14-4-2-1-3-11(14)15(10)22/h1-8,23H,(H,21,24)/b20-7-. The second-order valence-electron chi connectivity index (χ2n) is 5.00. The van der Waals surface area contributed by atoms with Crippen LogP contribution < -0.4 is 10.9 Å². The summed E-state index contributed by atoms with van der Waals surface area (Å²) < 4.78 is 6.10. The van der Waals surface area contributed by atoms with Crippen LogP contribution in [0.1, 0.15) is 15.9 Å². The van der Waals surface area contributed by atoms with E-state index in [4.69, 9.17) is 4.42 Å². The average Bonchev–Trinajstić information content (AvgIpc) is 2.61. The highest BCUT2D eigenvalue weighted by Gasteiger charge is 2.11. The van der Waals surface area contributed by atoms with Crippen molar-refractivity contribution in [3.05, 3.63) is 73.0 Å². The molecule has 0 fully saturated rings. The molecule has 2 N–H and O–H groups in total. The molecule has 0 saturated carbocycles. The lowest BCUT2D eigenvalue weighted by atomic mass is 10.2. The number of phenolic OH excluding ortho intramolecular Hbond substituents is 1. The zero-order chi connectivity index (χ0) is 18.0. The third-order valence-corrected chi connectivity index (χ3v) is 4.56. The fraction of sp³-hybridized carbons (Fsp3) is 0. The number of benzene rings is 2. The van der Waals surface area contributed by atoms with Crippen molar-refractivity contribution in [2.75, 3.05) is 0 Å². The molecule has 0 unspecified atom stereocenters. The van der Waals surface area contributed by atoms with Gasteiger partial charge < -0.3 is 9.52 Å². The van der Waals surface area contributed by atoms with Crippen LogP contribution in [0, 0.1) is 0 Å². The van der Waals surface area contributed by atoms with Gasteiger partial charge in [0, 0.05) is 5.56 Å². The maximum atomic E-state index is 12.3. The number of carbonyl (C=O) groups excluding carboxylic acids is 1. The van der Waals surface area contributed by atoms with Crippen molar-refractivity contribution in [2.45, 2.75) is 0 Å². The molecule has 0 bridgehead atoms. The van der Waals surface area contributed by atoms with E-state index < -0.39 is 5.91 Å². The Kier molecular flexibility index (Phi) is 5.00. The predicted octanol–water partition coefficient (Wildman–Crippen LogP) is 3.79. The molecule has 0 saturated heterocycles. The second kappa shape index (κ2) is 7.20. The van der Waals surface area contributed by atoms with Crippen molar-refractivity contribution in [1.29, 1.82) is 0 Å². The Morgan fingerprint density at radius 1 is 1.20 bits per heavy atom. The first-order valence-corrected chi connectivity index (χ1v) is 8.58. The fourth-order valence-corrected chi connectivity index (χ4v) is 3.29.